The average molecular weight is 349 g/mol. The Bertz CT molecular complexity index is 868. The number of aryl methyl sites for hydroxylation is 1. The van der Waals surface area contributed by atoms with Gasteiger partial charge in [-0.15, -0.1) is 0 Å². The Kier molecular flexibility index (Phi) is 4.42. The Morgan fingerprint density at radius 1 is 1.21 bits per heavy atom. The van der Waals surface area contributed by atoms with Crippen LogP contribution in [0.5, 0.6) is 0 Å². The Labute approximate surface area is 142 Å². The average Bonchev–Trinajstić information content (AvgIpc) is 2.95. The number of carbonyl (C=O) groups excluding carboxylic acids is 1. The summed E-state index contributed by atoms with van der Waals surface area (Å²) in [7, 11) is -1.51. The minimum absolute atomic E-state index is 0.260. The lowest BCUT2D eigenvalue weighted by atomic mass is 9.93. The normalized spacial score (nSPS) is 21.8. The third-order valence-corrected chi connectivity index (χ3v) is 6.57. The van der Waals surface area contributed by atoms with Crippen molar-refractivity contribution in [3.05, 3.63) is 35.6 Å². The number of nitrogens with zero attached hydrogens (tertiary/aromatic N) is 1. The smallest absolute Gasteiger partial charge is 0.289 e. The van der Waals surface area contributed by atoms with Crippen LogP contribution in [0.4, 0.5) is 0 Å². The summed E-state index contributed by atoms with van der Waals surface area (Å²) >= 11 is 0. The summed E-state index contributed by atoms with van der Waals surface area (Å²) in [6.07, 6.45) is 4.41. The summed E-state index contributed by atoms with van der Waals surface area (Å²) < 4.78 is 29.8. The van der Waals surface area contributed by atoms with E-state index in [4.69, 9.17) is 4.42 Å². The molecule has 0 bridgehead atoms. The van der Waals surface area contributed by atoms with Crippen molar-refractivity contribution in [3.8, 4) is 0 Å². The minimum atomic E-state index is -3.19. The van der Waals surface area contributed by atoms with Crippen molar-refractivity contribution in [2.24, 2.45) is 0 Å². The van der Waals surface area contributed by atoms with Crippen LogP contribution in [0.2, 0.25) is 0 Å². The fourth-order valence-corrected chi connectivity index (χ4v) is 5.10. The topological polar surface area (TPSA) is 67.6 Å². The number of furan rings is 1. The molecule has 6 heteroatoms. The molecular formula is C18H23NO4S. The standard InChI is InChI=1S/C18H23NO4S/c1-12-8-9-15-13(10-12)11-16(23-15)18(20)19(2)14-6-4-5-7-17(14)24(3,21)22/h8-11,14,17H,4-7H2,1-3H3/t14-,17-/m1/s1. The van der Waals surface area contributed by atoms with Crippen LogP contribution in [0.25, 0.3) is 11.0 Å². The molecule has 24 heavy (non-hydrogen) atoms. The van der Waals surface area contributed by atoms with Crippen LogP contribution in [0.1, 0.15) is 41.8 Å². The van der Waals surface area contributed by atoms with Crippen LogP contribution in [0.3, 0.4) is 0 Å². The quantitative estimate of drug-likeness (QED) is 0.853. The van der Waals surface area contributed by atoms with Gasteiger partial charge >= 0.3 is 0 Å². The molecule has 1 aromatic carbocycles. The Morgan fingerprint density at radius 3 is 2.62 bits per heavy atom. The van der Waals surface area contributed by atoms with E-state index in [1.165, 1.54) is 6.26 Å². The molecule has 1 aliphatic rings. The summed E-state index contributed by atoms with van der Waals surface area (Å²) in [5, 5.41) is 0.391. The van der Waals surface area contributed by atoms with Gasteiger partial charge in [0, 0.05) is 24.7 Å². The highest BCUT2D eigenvalue weighted by Crippen LogP contribution is 2.29. The second-order valence-corrected chi connectivity index (χ2v) is 9.05. The van der Waals surface area contributed by atoms with Gasteiger partial charge in [0.2, 0.25) is 0 Å². The Morgan fingerprint density at radius 2 is 1.92 bits per heavy atom. The molecule has 0 unspecified atom stereocenters. The molecule has 1 amide bonds. The van der Waals surface area contributed by atoms with Gasteiger partial charge in [0.25, 0.3) is 5.91 Å². The van der Waals surface area contributed by atoms with Crippen LogP contribution in [-0.4, -0.2) is 43.8 Å². The summed E-state index contributed by atoms with van der Waals surface area (Å²) in [5.41, 5.74) is 1.76. The van der Waals surface area contributed by atoms with Gasteiger partial charge in [-0.3, -0.25) is 4.79 Å². The summed E-state index contributed by atoms with van der Waals surface area (Å²) in [5.74, 6) is 0.000303. The third kappa shape index (κ3) is 3.20. The molecule has 130 valence electrons. The maximum absolute atomic E-state index is 12.8. The van der Waals surface area contributed by atoms with E-state index >= 15 is 0 Å². The molecule has 3 rings (SSSR count). The second kappa shape index (κ2) is 6.24. The van der Waals surface area contributed by atoms with Crippen LogP contribution < -0.4 is 0 Å². The van der Waals surface area contributed by atoms with Crippen molar-refractivity contribution in [2.45, 2.75) is 43.9 Å². The molecule has 1 heterocycles. The highest BCUT2D eigenvalue weighted by atomic mass is 32.2. The van der Waals surface area contributed by atoms with E-state index in [-0.39, 0.29) is 17.7 Å². The first-order chi connectivity index (χ1) is 11.3. The predicted octanol–water partition coefficient (Wildman–Crippen LogP) is 3.17. The van der Waals surface area contributed by atoms with Gasteiger partial charge in [-0.2, -0.15) is 0 Å². The first-order valence-electron chi connectivity index (χ1n) is 8.23. The molecule has 0 saturated heterocycles. The Hall–Kier alpha value is -1.82. The van der Waals surface area contributed by atoms with Crippen molar-refractivity contribution >= 4 is 26.7 Å². The third-order valence-electron chi connectivity index (χ3n) is 4.92. The van der Waals surface area contributed by atoms with Crippen molar-refractivity contribution in [3.63, 3.8) is 0 Å². The zero-order valence-electron chi connectivity index (χ0n) is 14.3. The number of hydrogen-bond acceptors (Lipinski definition) is 4. The zero-order valence-corrected chi connectivity index (χ0v) is 15.1. The lowest BCUT2D eigenvalue weighted by Gasteiger charge is -2.36. The highest BCUT2D eigenvalue weighted by Gasteiger charge is 2.37. The van der Waals surface area contributed by atoms with Crippen molar-refractivity contribution in [1.29, 1.82) is 0 Å². The molecule has 1 saturated carbocycles. The molecule has 0 aliphatic heterocycles. The molecule has 0 N–H and O–H groups in total. The highest BCUT2D eigenvalue weighted by molar-refractivity contribution is 7.91. The van der Waals surface area contributed by atoms with Crippen LogP contribution in [0, 0.1) is 6.92 Å². The van der Waals surface area contributed by atoms with Crippen molar-refractivity contribution in [1.82, 2.24) is 4.90 Å². The van der Waals surface area contributed by atoms with Gasteiger partial charge < -0.3 is 9.32 Å². The summed E-state index contributed by atoms with van der Waals surface area (Å²) in [4.78, 5) is 14.4. The van der Waals surface area contributed by atoms with E-state index in [0.717, 1.165) is 23.8 Å². The van der Waals surface area contributed by atoms with Crippen LogP contribution in [0.15, 0.2) is 28.7 Å². The zero-order chi connectivity index (χ0) is 17.5. The molecule has 2 aromatic rings. The largest absolute Gasteiger partial charge is 0.451 e. The molecule has 1 aromatic heterocycles. The van der Waals surface area contributed by atoms with Crippen LogP contribution in [-0.2, 0) is 9.84 Å². The predicted molar refractivity (Wildman–Crippen MR) is 93.9 cm³/mol. The summed E-state index contributed by atoms with van der Waals surface area (Å²) in [6.45, 7) is 1.98. The molecular weight excluding hydrogens is 326 g/mol. The van der Waals surface area contributed by atoms with E-state index in [0.29, 0.717) is 18.4 Å². The molecule has 0 radical (unpaired) electrons. The van der Waals surface area contributed by atoms with Gasteiger partial charge in [-0.05, 0) is 38.0 Å². The molecule has 0 spiro atoms. The molecule has 2 atom stereocenters. The van der Waals surface area contributed by atoms with Gasteiger partial charge in [-0.25, -0.2) is 8.42 Å². The number of benzene rings is 1. The van der Waals surface area contributed by atoms with E-state index in [1.54, 1.807) is 18.0 Å². The number of hydrogen-bond donors (Lipinski definition) is 0. The first kappa shape index (κ1) is 17.0. The van der Waals surface area contributed by atoms with E-state index in [1.807, 2.05) is 25.1 Å². The van der Waals surface area contributed by atoms with E-state index < -0.39 is 15.1 Å². The number of fused-ring (bicyclic) bond motifs is 1. The maximum Gasteiger partial charge on any atom is 0.289 e. The van der Waals surface area contributed by atoms with Gasteiger partial charge in [0.05, 0.1) is 5.25 Å². The van der Waals surface area contributed by atoms with Gasteiger partial charge in [-0.1, -0.05) is 24.5 Å². The monoisotopic (exact) mass is 349 g/mol. The van der Waals surface area contributed by atoms with Crippen molar-refractivity contribution < 1.29 is 17.6 Å². The maximum atomic E-state index is 12.8. The van der Waals surface area contributed by atoms with E-state index in [9.17, 15) is 13.2 Å². The number of sulfone groups is 1. The Balaban J connectivity index is 1.89. The van der Waals surface area contributed by atoms with Crippen molar-refractivity contribution in [2.75, 3.05) is 13.3 Å². The SMILES string of the molecule is Cc1ccc2oc(C(=O)N(C)[C@@H]3CCCC[C@H]3S(C)(=O)=O)cc2c1. The van der Waals surface area contributed by atoms with E-state index in [2.05, 4.69) is 0 Å². The molecule has 5 nitrogen and oxygen atoms in total. The summed E-state index contributed by atoms with van der Waals surface area (Å²) in [6, 6.07) is 7.19. The lowest BCUT2D eigenvalue weighted by Crippen LogP contribution is -2.49. The van der Waals surface area contributed by atoms with Gasteiger partial charge in [0.1, 0.15) is 5.58 Å². The first-order valence-corrected chi connectivity index (χ1v) is 10.2. The lowest BCUT2D eigenvalue weighted by molar-refractivity contribution is 0.0670. The van der Waals surface area contributed by atoms with Crippen LogP contribution >= 0.6 is 0 Å². The molecule has 1 fully saturated rings. The number of amides is 1. The second-order valence-electron chi connectivity index (χ2n) is 6.79. The fraction of sp³-hybridized carbons (Fsp3) is 0.500. The number of carbonyl (C=O) groups is 1. The van der Waals surface area contributed by atoms with Gasteiger partial charge in [0.15, 0.2) is 15.6 Å². The number of rotatable bonds is 3. The molecule has 1 aliphatic carbocycles. The minimum Gasteiger partial charge on any atom is -0.451 e. The fourth-order valence-electron chi connectivity index (χ4n) is 3.61.